The van der Waals surface area contributed by atoms with E-state index in [0.717, 1.165) is 37.8 Å². The predicted octanol–water partition coefficient (Wildman–Crippen LogP) is 2.15. The molecule has 4 unspecified atom stereocenters. The van der Waals surface area contributed by atoms with Gasteiger partial charge in [0.2, 0.25) is 5.91 Å². The van der Waals surface area contributed by atoms with E-state index in [1.807, 2.05) is 0 Å². The molecule has 0 spiro atoms. The van der Waals surface area contributed by atoms with Gasteiger partial charge in [0.1, 0.15) is 0 Å². The third-order valence-corrected chi connectivity index (χ3v) is 5.48. The molecule has 1 heterocycles. The molecule has 1 amide bonds. The second kappa shape index (κ2) is 5.20. The first-order valence-electron chi connectivity index (χ1n) is 7.77. The van der Waals surface area contributed by atoms with Crippen molar-refractivity contribution in [2.75, 3.05) is 13.1 Å². The van der Waals surface area contributed by atoms with E-state index in [1.54, 1.807) is 0 Å². The Bertz CT molecular complexity index is 306. The SMILES string of the molecule is NC1CCCCC1CC(=O)N1CC2CCCC2C1. The van der Waals surface area contributed by atoms with E-state index >= 15 is 0 Å². The summed E-state index contributed by atoms with van der Waals surface area (Å²) in [6, 6.07) is 0.268. The van der Waals surface area contributed by atoms with Gasteiger partial charge < -0.3 is 10.6 Å². The molecule has 3 heteroatoms. The Morgan fingerprint density at radius 3 is 2.33 bits per heavy atom. The fourth-order valence-electron chi connectivity index (χ4n) is 4.28. The lowest BCUT2D eigenvalue weighted by Crippen LogP contribution is -2.38. The minimum atomic E-state index is 0.268. The van der Waals surface area contributed by atoms with Gasteiger partial charge in [0.15, 0.2) is 0 Å². The van der Waals surface area contributed by atoms with Crippen molar-refractivity contribution in [1.82, 2.24) is 4.90 Å². The highest BCUT2D eigenvalue weighted by Gasteiger charge is 2.38. The third kappa shape index (κ3) is 2.42. The molecule has 2 saturated carbocycles. The molecule has 1 aliphatic heterocycles. The van der Waals surface area contributed by atoms with Gasteiger partial charge in [-0.15, -0.1) is 0 Å². The highest BCUT2D eigenvalue weighted by molar-refractivity contribution is 5.77. The number of nitrogens with zero attached hydrogens (tertiary/aromatic N) is 1. The van der Waals surface area contributed by atoms with Crippen molar-refractivity contribution in [2.45, 2.75) is 57.4 Å². The zero-order chi connectivity index (χ0) is 12.5. The molecule has 3 nitrogen and oxygen atoms in total. The molecule has 0 aromatic carbocycles. The van der Waals surface area contributed by atoms with E-state index in [-0.39, 0.29) is 6.04 Å². The van der Waals surface area contributed by atoms with E-state index in [2.05, 4.69) is 4.90 Å². The van der Waals surface area contributed by atoms with Crippen LogP contribution in [0.1, 0.15) is 51.4 Å². The number of carbonyl (C=O) groups excluding carboxylic acids is 1. The van der Waals surface area contributed by atoms with Gasteiger partial charge in [-0.3, -0.25) is 4.79 Å². The summed E-state index contributed by atoms with van der Waals surface area (Å²) in [6.45, 7) is 2.07. The summed E-state index contributed by atoms with van der Waals surface area (Å²) in [6.07, 6.45) is 9.56. The van der Waals surface area contributed by atoms with Gasteiger partial charge in [-0.1, -0.05) is 19.3 Å². The molecule has 0 aromatic rings. The third-order valence-electron chi connectivity index (χ3n) is 5.48. The van der Waals surface area contributed by atoms with Crippen LogP contribution < -0.4 is 5.73 Å². The standard InChI is InChI=1S/C15H26N2O/c16-14-7-2-1-4-11(14)8-15(18)17-9-12-5-3-6-13(12)10-17/h11-14H,1-10,16H2. The highest BCUT2D eigenvalue weighted by Crippen LogP contribution is 2.38. The molecule has 2 aliphatic carbocycles. The van der Waals surface area contributed by atoms with E-state index in [4.69, 9.17) is 5.73 Å². The van der Waals surface area contributed by atoms with Gasteiger partial charge in [-0.25, -0.2) is 0 Å². The maximum atomic E-state index is 12.4. The van der Waals surface area contributed by atoms with Crippen molar-refractivity contribution in [2.24, 2.45) is 23.5 Å². The Hall–Kier alpha value is -0.570. The normalized spacial score (nSPS) is 39.9. The summed E-state index contributed by atoms with van der Waals surface area (Å²) >= 11 is 0. The Balaban J connectivity index is 1.52. The average Bonchev–Trinajstić information content (AvgIpc) is 2.92. The van der Waals surface area contributed by atoms with Crippen molar-refractivity contribution < 1.29 is 4.79 Å². The van der Waals surface area contributed by atoms with E-state index in [9.17, 15) is 4.79 Å². The largest absolute Gasteiger partial charge is 0.342 e. The van der Waals surface area contributed by atoms with E-state index in [0.29, 0.717) is 18.2 Å². The Kier molecular flexibility index (Phi) is 3.60. The number of hydrogen-bond acceptors (Lipinski definition) is 2. The molecule has 2 N–H and O–H groups in total. The molecule has 0 radical (unpaired) electrons. The first kappa shape index (κ1) is 12.5. The van der Waals surface area contributed by atoms with Crippen molar-refractivity contribution in [3.63, 3.8) is 0 Å². The molecule has 1 saturated heterocycles. The number of carbonyl (C=O) groups is 1. The van der Waals surface area contributed by atoms with Gasteiger partial charge in [-0.05, 0) is 43.4 Å². The van der Waals surface area contributed by atoms with E-state index in [1.165, 1.54) is 32.1 Å². The second-order valence-corrected chi connectivity index (χ2v) is 6.66. The topological polar surface area (TPSA) is 46.3 Å². The molecule has 18 heavy (non-hydrogen) atoms. The monoisotopic (exact) mass is 250 g/mol. The molecule has 3 rings (SSSR count). The van der Waals surface area contributed by atoms with Gasteiger partial charge in [-0.2, -0.15) is 0 Å². The number of amides is 1. The second-order valence-electron chi connectivity index (χ2n) is 6.66. The molecule has 3 fully saturated rings. The lowest BCUT2D eigenvalue weighted by Gasteiger charge is -2.29. The van der Waals surface area contributed by atoms with Crippen LogP contribution in [0.4, 0.5) is 0 Å². The molecule has 102 valence electrons. The zero-order valence-corrected chi connectivity index (χ0v) is 11.3. The molecule has 0 aromatic heterocycles. The Morgan fingerprint density at radius 2 is 1.67 bits per heavy atom. The smallest absolute Gasteiger partial charge is 0.222 e. The van der Waals surface area contributed by atoms with Crippen LogP contribution in [0.5, 0.6) is 0 Å². The fraction of sp³-hybridized carbons (Fsp3) is 0.933. The number of hydrogen-bond donors (Lipinski definition) is 1. The number of rotatable bonds is 2. The minimum absolute atomic E-state index is 0.268. The molecular weight excluding hydrogens is 224 g/mol. The molecular formula is C15H26N2O. The van der Waals surface area contributed by atoms with Gasteiger partial charge in [0, 0.05) is 25.6 Å². The lowest BCUT2D eigenvalue weighted by atomic mass is 9.83. The van der Waals surface area contributed by atoms with Crippen LogP contribution >= 0.6 is 0 Å². The summed E-state index contributed by atoms with van der Waals surface area (Å²) < 4.78 is 0. The zero-order valence-electron chi connectivity index (χ0n) is 11.3. The van der Waals surface area contributed by atoms with Crippen LogP contribution in [0.2, 0.25) is 0 Å². The highest BCUT2D eigenvalue weighted by atomic mass is 16.2. The van der Waals surface area contributed by atoms with Crippen LogP contribution in [0.15, 0.2) is 0 Å². The van der Waals surface area contributed by atoms with Gasteiger partial charge in [0.05, 0.1) is 0 Å². The van der Waals surface area contributed by atoms with Crippen molar-refractivity contribution in [3.8, 4) is 0 Å². The van der Waals surface area contributed by atoms with Crippen LogP contribution in [-0.2, 0) is 4.79 Å². The maximum Gasteiger partial charge on any atom is 0.222 e. The first-order valence-corrected chi connectivity index (χ1v) is 7.77. The summed E-state index contributed by atoms with van der Waals surface area (Å²) in [5, 5.41) is 0. The van der Waals surface area contributed by atoms with Crippen molar-refractivity contribution in [1.29, 1.82) is 0 Å². The summed E-state index contributed by atoms with van der Waals surface area (Å²) in [7, 11) is 0. The van der Waals surface area contributed by atoms with E-state index < -0.39 is 0 Å². The quantitative estimate of drug-likeness (QED) is 0.816. The van der Waals surface area contributed by atoms with Crippen LogP contribution in [-0.4, -0.2) is 29.9 Å². The van der Waals surface area contributed by atoms with Crippen LogP contribution in [0.3, 0.4) is 0 Å². The molecule has 4 atom stereocenters. The number of fused-ring (bicyclic) bond motifs is 1. The molecule has 3 aliphatic rings. The van der Waals surface area contributed by atoms with Gasteiger partial charge >= 0.3 is 0 Å². The number of nitrogens with two attached hydrogens (primary N) is 1. The summed E-state index contributed by atoms with van der Waals surface area (Å²) in [4.78, 5) is 14.5. The summed E-state index contributed by atoms with van der Waals surface area (Å²) in [5.74, 6) is 2.46. The maximum absolute atomic E-state index is 12.4. The minimum Gasteiger partial charge on any atom is -0.342 e. The Labute approximate surface area is 110 Å². The summed E-state index contributed by atoms with van der Waals surface area (Å²) in [5.41, 5.74) is 6.15. The number of likely N-dealkylation sites (tertiary alicyclic amines) is 1. The lowest BCUT2D eigenvalue weighted by molar-refractivity contribution is -0.131. The first-order chi connectivity index (χ1) is 8.74. The average molecular weight is 250 g/mol. The van der Waals surface area contributed by atoms with Gasteiger partial charge in [0.25, 0.3) is 0 Å². The fourth-order valence-corrected chi connectivity index (χ4v) is 4.28. The van der Waals surface area contributed by atoms with Crippen LogP contribution in [0, 0.1) is 17.8 Å². The van der Waals surface area contributed by atoms with Crippen molar-refractivity contribution >= 4 is 5.91 Å². The van der Waals surface area contributed by atoms with Crippen LogP contribution in [0.25, 0.3) is 0 Å². The molecule has 0 bridgehead atoms. The Morgan fingerprint density at radius 1 is 1.00 bits per heavy atom. The van der Waals surface area contributed by atoms with Crippen molar-refractivity contribution in [3.05, 3.63) is 0 Å². The predicted molar refractivity (Wildman–Crippen MR) is 72.0 cm³/mol.